The zero-order valence-corrected chi connectivity index (χ0v) is 29.6. The van der Waals surface area contributed by atoms with Crippen LogP contribution < -0.4 is 4.74 Å². The summed E-state index contributed by atoms with van der Waals surface area (Å²) in [7, 11) is 7.49. The van der Waals surface area contributed by atoms with Gasteiger partial charge >= 0.3 is 0 Å². The highest BCUT2D eigenvalue weighted by Gasteiger charge is 2.42. The van der Waals surface area contributed by atoms with Crippen molar-refractivity contribution < 1.29 is 23.5 Å². The number of hydrogen-bond donors (Lipinski definition) is 0. The summed E-state index contributed by atoms with van der Waals surface area (Å²) in [4.78, 5) is 10.0. The summed E-state index contributed by atoms with van der Waals surface area (Å²) in [5.41, 5.74) is 2.24. The quantitative estimate of drug-likeness (QED) is 0.0818. The van der Waals surface area contributed by atoms with Crippen LogP contribution in [-0.2, 0) is 14.3 Å². The fourth-order valence-corrected chi connectivity index (χ4v) is 6.89. The van der Waals surface area contributed by atoms with Crippen LogP contribution >= 0.6 is 11.7 Å². The molecule has 1 fully saturated rings. The maximum atomic E-state index is 10.0. The predicted octanol–water partition coefficient (Wildman–Crippen LogP) is 9.26. The molecule has 1 aliphatic carbocycles. The van der Waals surface area contributed by atoms with Crippen molar-refractivity contribution in [2.24, 2.45) is 5.92 Å². The number of rotatable bonds is 20. The molecule has 43 heavy (non-hydrogen) atoms. The van der Waals surface area contributed by atoms with Gasteiger partial charge in [-0.3, -0.25) is 4.48 Å². The summed E-state index contributed by atoms with van der Waals surface area (Å²) in [5.74, 6) is 1.41. The maximum absolute atomic E-state index is 10.0. The van der Waals surface area contributed by atoms with E-state index in [4.69, 9.17) is 9.47 Å². The van der Waals surface area contributed by atoms with E-state index in [0.29, 0.717) is 5.92 Å². The monoisotopic (exact) mass is 624 g/mol. The third-order valence-corrected chi connectivity index (χ3v) is 9.16. The lowest BCUT2D eigenvalue weighted by atomic mass is 9.98. The second-order valence-corrected chi connectivity index (χ2v) is 13.1. The summed E-state index contributed by atoms with van der Waals surface area (Å²) >= 11 is 1.26. The summed E-state index contributed by atoms with van der Waals surface area (Å²) in [6.07, 6.45) is 27.5. The fourth-order valence-electron chi connectivity index (χ4n) is 6.36. The molecule has 8 heteroatoms. The smallest absolute Gasteiger partial charge is 0.253 e. The Morgan fingerprint density at radius 1 is 0.907 bits per heavy atom. The third kappa shape index (κ3) is 16.5. The molecule has 2 heterocycles. The highest BCUT2D eigenvalue weighted by Crippen LogP contribution is 2.37. The van der Waals surface area contributed by atoms with Crippen LogP contribution in [0, 0.1) is 5.92 Å². The Labute approximate surface area is 269 Å². The van der Waals surface area contributed by atoms with Crippen molar-refractivity contribution in [3.05, 3.63) is 11.8 Å². The molecule has 0 amide bonds. The highest BCUT2D eigenvalue weighted by atomic mass is 32.1. The zero-order chi connectivity index (χ0) is 31.6. The van der Waals surface area contributed by atoms with Crippen molar-refractivity contribution in [2.45, 2.75) is 142 Å². The van der Waals surface area contributed by atoms with Gasteiger partial charge in [0, 0.05) is 45.7 Å². The molecule has 2 atom stereocenters. The topological polar surface area (TPSA) is 70.5 Å². The molecule has 0 radical (unpaired) electrons. The molecule has 1 aromatic heterocycles. The van der Waals surface area contributed by atoms with Gasteiger partial charge in [-0.1, -0.05) is 103 Å². The minimum Gasteiger partial charge on any atom is -0.475 e. The molecular formula is C35H66N3O4S+. The number of quaternary nitrogens is 1. The minimum absolute atomic E-state index is 0.279. The largest absolute Gasteiger partial charge is 0.475 e. The van der Waals surface area contributed by atoms with E-state index < -0.39 is 0 Å². The Kier molecular flexibility index (Phi) is 23.9. The number of unbranched alkanes of at least 4 members (excludes halogenated alkanes) is 12. The number of aldehydes is 1. The van der Waals surface area contributed by atoms with Gasteiger partial charge in [-0.25, -0.2) is 0 Å². The van der Waals surface area contributed by atoms with Crippen LogP contribution in [0.3, 0.4) is 0 Å². The lowest BCUT2D eigenvalue weighted by molar-refractivity contribution is -0.953. The highest BCUT2D eigenvalue weighted by molar-refractivity contribution is 6.99. The van der Waals surface area contributed by atoms with Crippen LogP contribution in [0.4, 0.5) is 0 Å². The fraction of sp³-hybridized carbons (Fsp3) is 0.857. The van der Waals surface area contributed by atoms with Crippen LogP contribution in [-0.4, -0.2) is 73.8 Å². The number of carbonyl (C=O) groups is 1. The molecule has 0 N–H and O–H groups in total. The second kappa shape index (κ2) is 25.9. The van der Waals surface area contributed by atoms with Gasteiger partial charge in [-0.05, 0) is 25.7 Å². The van der Waals surface area contributed by atoms with Crippen molar-refractivity contribution in [1.29, 1.82) is 0 Å². The lowest BCUT2D eigenvalue weighted by Crippen LogP contribution is -2.58. The van der Waals surface area contributed by atoms with E-state index in [0.717, 1.165) is 67.7 Å². The van der Waals surface area contributed by atoms with Crippen molar-refractivity contribution in [3.8, 4) is 5.88 Å². The molecule has 1 saturated carbocycles. The Morgan fingerprint density at radius 3 is 2.07 bits per heavy atom. The summed E-state index contributed by atoms with van der Waals surface area (Å²) in [5, 5.41) is 0. The van der Waals surface area contributed by atoms with Crippen LogP contribution in [0.2, 0.25) is 0 Å². The van der Waals surface area contributed by atoms with E-state index in [1.165, 1.54) is 114 Å². The van der Waals surface area contributed by atoms with Gasteiger partial charge in [0.25, 0.3) is 5.88 Å². The Morgan fingerprint density at radius 2 is 1.49 bits per heavy atom. The second-order valence-electron chi connectivity index (χ2n) is 12.6. The molecule has 0 spiro atoms. The third-order valence-electron chi connectivity index (χ3n) is 8.65. The van der Waals surface area contributed by atoms with Crippen LogP contribution in [0.15, 0.2) is 6.08 Å². The summed E-state index contributed by atoms with van der Waals surface area (Å²) < 4.78 is 26.3. The van der Waals surface area contributed by atoms with Gasteiger partial charge in [-0.15, -0.1) is 4.37 Å². The molecule has 250 valence electrons. The molecule has 0 saturated heterocycles. The van der Waals surface area contributed by atoms with Crippen molar-refractivity contribution in [1.82, 2.24) is 8.75 Å². The van der Waals surface area contributed by atoms with E-state index in [-0.39, 0.29) is 6.23 Å². The Balaban J connectivity index is 0.000000486. The summed E-state index contributed by atoms with van der Waals surface area (Å²) in [6.45, 7) is 7.29. The van der Waals surface area contributed by atoms with E-state index in [9.17, 15) is 4.79 Å². The first-order valence-electron chi connectivity index (χ1n) is 17.4. The number of methoxy groups -OCH3 is 2. The average molecular weight is 625 g/mol. The standard InChI is InChI=1S/C21H36N3O2S.C12H24O.C2H6O/c1-4-5-6-9-15-26-20-19(22-27-23-20)18-13-10-14-24(2,16-18)21(25-3)17-11-7-8-12-17;1-2-3-4-5-6-7-8-9-10-11-12-13;1-3-2/h13,17,21H,4-12,14-16H2,1-3H3;12H,2-11H2,1H3;1-2H3/q+1;;. The normalized spacial score (nSPS) is 19.1. The number of carbonyl (C=O) groups excluding carboxylic acids is 1. The van der Waals surface area contributed by atoms with Gasteiger partial charge in [0.2, 0.25) is 0 Å². The van der Waals surface area contributed by atoms with Gasteiger partial charge in [0.05, 0.1) is 31.9 Å². The van der Waals surface area contributed by atoms with E-state index in [1.807, 2.05) is 7.11 Å². The molecule has 7 nitrogen and oxygen atoms in total. The Bertz CT molecular complexity index is 828. The van der Waals surface area contributed by atoms with Crippen molar-refractivity contribution in [3.63, 3.8) is 0 Å². The molecular weight excluding hydrogens is 558 g/mol. The van der Waals surface area contributed by atoms with E-state index in [2.05, 4.69) is 40.5 Å². The van der Waals surface area contributed by atoms with Gasteiger partial charge in [0.1, 0.15) is 18.5 Å². The SMILES string of the molecule is CCCCCCCCCCCC=O.CCCCCCOc1nsnc1C1=CCC[N+](C)(C(OC)C2CCCC2)C1.COC. The molecule has 1 aliphatic heterocycles. The maximum Gasteiger partial charge on any atom is 0.253 e. The lowest BCUT2D eigenvalue weighted by Gasteiger charge is -2.45. The zero-order valence-electron chi connectivity index (χ0n) is 28.7. The van der Waals surface area contributed by atoms with Crippen LogP contribution in [0.25, 0.3) is 5.57 Å². The number of likely N-dealkylation sites (N-methyl/N-ethyl adjacent to an activating group) is 1. The van der Waals surface area contributed by atoms with E-state index in [1.54, 1.807) is 14.2 Å². The van der Waals surface area contributed by atoms with Crippen molar-refractivity contribution in [2.75, 3.05) is 48.1 Å². The van der Waals surface area contributed by atoms with Gasteiger partial charge < -0.3 is 19.0 Å². The number of ether oxygens (including phenoxy) is 3. The number of hydrogen-bond acceptors (Lipinski definition) is 7. The Hall–Kier alpha value is -1.35. The van der Waals surface area contributed by atoms with Gasteiger partial charge in [-0.2, -0.15) is 4.37 Å². The minimum atomic E-state index is 0.279. The van der Waals surface area contributed by atoms with E-state index >= 15 is 0 Å². The molecule has 1 aromatic rings. The first-order valence-corrected chi connectivity index (χ1v) is 18.1. The first-order chi connectivity index (χ1) is 21.0. The van der Waals surface area contributed by atoms with Crippen molar-refractivity contribution >= 4 is 23.6 Å². The molecule has 3 rings (SSSR count). The molecule has 2 unspecified atom stereocenters. The molecule has 2 aliphatic rings. The first kappa shape index (κ1) is 39.7. The summed E-state index contributed by atoms with van der Waals surface area (Å²) in [6, 6.07) is 0. The molecule has 0 aromatic carbocycles. The number of aromatic nitrogens is 2. The molecule has 0 bridgehead atoms. The van der Waals surface area contributed by atoms with Crippen LogP contribution in [0.1, 0.15) is 142 Å². The average Bonchev–Trinajstić information content (AvgIpc) is 3.70. The predicted molar refractivity (Wildman–Crippen MR) is 182 cm³/mol. The number of nitrogens with zero attached hydrogens (tertiary/aromatic N) is 3. The van der Waals surface area contributed by atoms with Gasteiger partial charge in [0.15, 0.2) is 6.23 Å². The van der Waals surface area contributed by atoms with Crippen LogP contribution in [0.5, 0.6) is 5.88 Å².